The molecule has 2 aliphatic rings. The van der Waals surface area contributed by atoms with Crippen molar-refractivity contribution in [2.75, 3.05) is 9.80 Å². The van der Waals surface area contributed by atoms with Gasteiger partial charge in [0.2, 0.25) is 0 Å². The van der Waals surface area contributed by atoms with E-state index in [1.807, 2.05) is 12.1 Å². The molecule has 2 aliphatic carbocycles. The molecule has 2 heterocycles. The average molecular weight is 1150 g/mol. The molecule has 16 aromatic rings. The number of H-pyrrole nitrogens is 1. The number of anilines is 6. The summed E-state index contributed by atoms with van der Waals surface area (Å²) in [5, 5.41) is 10.5. The Kier molecular flexibility index (Phi) is 12.3. The summed E-state index contributed by atoms with van der Waals surface area (Å²) in [4.78, 5) is 8.18. The van der Waals surface area contributed by atoms with Crippen LogP contribution in [0.15, 0.2) is 320 Å². The lowest BCUT2D eigenvalue weighted by molar-refractivity contribution is 1.18. The van der Waals surface area contributed by atoms with E-state index in [1.54, 1.807) is 0 Å². The molecule has 0 atom stereocenters. The highest BCUT2D eigenvalue weighted by atomic mass is 79.9. The monoisotopic (exact) mass is 1150 g/mol. The first-order valence-electron chi connectivity index (χ1n) is 28.9. The van der Waals surface area contributed by atoms with Crippen LogP contribution in [-0.2, 0) is 0 Å². The number of hydrogen-bond acceptors (Lipinski definition) is 2. The largest absolute Gasteiger partial charge is 0.354 e. The van der Waals surface area contributed by atoms with Crippen molar-refractivity contribution in [3.8, 4) is 50.2 Å². The number of aromatic amines is 1. The van der Waals surface area contributed by atoms with Crippen molar-refractivity contribution in [1.82, 2.24) is 9.55 Å². The van der Waals surface area contributed by atoms with Gasteiger partial charge in [0.25, 0.3) is 0 Å². The average Bonchev–Trinajstić information content (AvgIpc) is 1.89. The van der Waals surface area contributed by atoms with E-state index in [2.05, 4.69) is 339 Å². The van der Waals surface area contributed by atoms with Gasteiger partial charge >= 0.3 is 0 Å². The summed E-state index contributed by atoms with van der Waals surface area (Å²) < 4.78 is 3.54. The predicted molar refractivity (Wildman–Crippen MR) is 364 cm³/mol. The van der Waals surface area contributed by atoms with Gasteiger partial charge in [0.05, 0.1) is 16.6 Å². The lowest BCUT2D eigenvalue weighted by Crippen LogP contribution is -2.09. The fraction of sp³-hybridized carbons (Fsp3) is 0. The van der Waals surface area contributed by atoms with Crippen molar-refractivity contribution in [3.63, 3.8) is 0 Å². The molecular formula is C80H53BrN4. The van der Waals surface area contributed by atoms with Crippen LogP contribution in [0, 0.1) is 0 Å². The second-order valence-electron chi connectivity index (χ2n) is 21.7. The number of benzene rings is 14. The maximum Gasteiger partial charge on any atom is 0.0620 e. The van der Waals surface area contributed by atoms with Gasteiger partial charge in [-0.1, -0.05) is 210 Å². The van der Waals surface area contributed by atoms with Crippen molar-refractivity contribution >= 4 is 115 Å². The fourth-order valence-corrected chi connectivity index (χ4v) is 13.6. The summed E-state index contributed by atoms with van der Waals surface area (Å²) in [7, 11) is 0. The molecule has 0 saturated carbocycles. The quantitative estimate of drug-likeness (QED) is 0.172. The molecule has 14 aromatic carbocycles. The molecule has 5 heteroatoms. The first kappa shape index (κ1) is 50.0. The zero-order chi connectivity index (χ0) is 56.4. The number of nitrogens with one attached hydrogen (secondary N) is 1. The first-order chi connectivity index (χ1) is 42.1. The van der Waals surface area contributed by atoms with E-state index in [1.165, 1.54) is 110 Å². The van der Waals surface area contributed by atoms with Crippen LogP contribution in [0.25, 0.3) is 115 Å². The van der Waals surface area contributed by atoms with Crippen LogP contribution in [0.1, 0.15) is 0 Å². The van der Waals surface area contributed by atoms with Crippen LogP contribution in [-0.4, -0.2) is 9.55 Å². The summed E-state index contributed by atoms with van der Waals surface area (Å²) in [6.07, 6.45) is 0. The Morgan fingerprint density at radius 3 is 1.18 bits per heavy atom. The van der Waals surface area contributed by atoms with Gasteiger partial charge in [-0.3, -0.25) is 0 Å². The number of nitrogens with zero attached hydrogens (tertiary/aromatic N) is 3. The highest BCUT2D eigenvalue weighted by molar-refractivity contribution is 9.10. The maximum atomic E-state index is 3.63. The van der Waals surface area contributed by atoms with Crippen LogP contribution in [0.3, 0.4) is 0 Å². The van der Waals surface area contributed by atoms with Gasteiger partial charge in [-0.15, -0.1) is 0 Å². The topological polar surface area (TPSA) is 27.2 Å². The molecule has 400 valence electrons. The van der Waals surface area contributed by atoms with Crippen molar-refractivity contribution in [2.45, 2.75) is 0 Å². The summed E-state index contributed by atoms with van der Waals surface area (Å²) in [5.74, 6) is 0. The molecule has 0 bridgehead atoms. The Labute approximate surface area is 501 Å². The fourth-order valence-electron chi connectivity index (χ4n) is 13.3. The van der Waals surface area contributed by atoms with Crippen LogP contribution in [0.2, 0.25) is 0 Å². The van der Waals surface area contributed by atoms with Crippen LogP contribution < -0.4 is 9.80 Å². The molecule has 0 fully saturated rings. The van der Waals surface area contributed by atoms with Crippen molar-refractivity contribution in [3.05, 3.63) is 320 Å². The summed E-state index contributed by atoms with van der Waals surface area (Å²) in [6, 6.07) is 112. The van der Waals surface area contributed by atoms with E-state index in [-0.39, 0.29) is 0 Å². The molecule has 0 amide bonds. The smallest absolute Gasteiger partial charge is 0.0620 e. The molecule has 0 spiro atoms. The van der Waals surface area contributed by atoms with Gasteiger partial charge in [-0.25, -0.2) is 0 Å². The number of halogens is 1. The number of fused-ring (bicyclic) bond motifs is 14. The minimum absolute atomic E-state index is 1.09. The third-order valence-electron chi connectivity index (χ3n) is 17.0. The number of hydrogen-bond donors (Lipinski definition) is 1. The van der Waals surface area contributed by atoms with E-state index in [0.717, 1.165) is 44.3 Å². The lowest BCUT2D eigenvalue weighted by Gasteiger charge is -2.25. The number of rotatable bonds is 7. The Bertz CT molecular complexity index is 5090. The molecule has 18 rings (SSSR count). The Morgan fingerprint density at radius 1 is 0.271 bits per heavy atom. The molecule has 0 aliphatic heterocycles. The van der Waals surface area contributed by atoms with E-state index in [0.29, 0.717) is 0 Å². The normalized spacial score (nSPS) is 11.6. The second kappa shape index (κ2) is 20.9. The summed E-state index contributed by atoms with van der Waals surface area (Å²) >= 11 is 3.49. The molecule has 2 aromatic heterocycles. The van der Waals surface area contributed by atoms with Crippen molar-refractivity contribution in [1.29, 1.82) is 0 Å². The molecule has 0 unspecified atom stereocenters. The Morgan fingerprint density at radius 2 is 0.647 bits per heavy atom. The van der Waals surface area contributed by atoms with Gasteiger partial charge in [0, 0.05) is 82.1 Å². The van der Waals surface area contributed by atoms with Crippen molar-refractivity contribution in [2.24, 2.45) is 0 Å². The summed E-state index contributed by atoms with van der Waals surface area (Å²) in [5.41, 5.74) is 23.7. The lowest BCUT2D eigenvalue weighted by atomic mass is 9.99. The van der Waals surface area contributed by atoms with E-state index >= 15 is 0 Å². The molecule has 0 saturated heterocycles. The Hall–Kier alpha value is -10.7. The van der Waals surface area contributed by atoms with E-state index in [9.17, 15) is 0 Å². The van der Waals surface area contributed by atoms with E-state index < -0.39 is 0 Å². The minimum Gasteiger partial charge on any atom is -0.354 e. The van der Waals surface area contributed by atoms with Gasteiger partial charge in [0.15, 0.2) is 0 Å². The SMILES string of the molecule is Brc1ccc(N(c2ccccc2)c2ccccc2)cc1.c1ccc(N(c2ccccc2)c2ccc(-n3c4ccccc4c4cc5c6c(cccc6c43)-c3ccccc3-5)cc2)cc1.c1ccc2c(c1)-c1cccc3c1c-2cc1c2ccccc2[nH]c31. The third-order valence-corrected chi connectivity index (χ3v) is 17.5. The standard InChI is InChI=1S/C40H26N2.C22H13N.C18H14BrN/c1-3-12-27(13-4-1)41(28-14-5-2-6-15-28)29-22-24-30(25-23-29)42-38-21-10-9-18-33(38)37-26-36-32-17-8-7-16-31(32)34-19-11-20-35(39(34)36)40(37)42;1-2-7-14-13(6-1)16-9-5-10-17-21(16)18(14)12-19-15-8-3-4-11-20(15)23-22(17)19;19-15-11-13-18(14-12-15)20(16-7-3-1-4-8-16)17-9-5-2-6-10-17/h1-26H;1-12,23H;1-14H. The highest BCUT2D eigenvalue weighted by Gasteiger charge is 2.27. The zero-order valence-corrected chi connectivity index (χ0v) is 47.8. The molecule has 4 nitrogen and oxygen atoms in total. The molecule has 1 N–H and O–H groups in total. The van der Waals surface area contributed by atoms with Crippen LogP contribution in [0.4, 0.5) is 34.1 Å². The maximum absolute atomic E-state index is 3.63. The van der Waals surface area contributed by atoms with Crippen LogP contribution in [0.5, 0.6) is 0 Å². The predicted octanol–water partition coefficient (Wildman–Crippen LogP) is 23.1. The summed E-state index contributed by atoms with van der Waals surface area (Å²) in [6.45, 7) is 0. The van der Waals surface area contributed by atoms with Gasteiger partial charge < -0.3 is 19.4 Å². The highest BCUT2D eigenvalue weighted by Crippen LogP contribution is 2.52. The van der Waals surface area contributed by atoms with Gasteiger partial charge in [-0.2, -0.15) is 0 Å². The van der Waals surface area contributed by atoms with Crippen molar-refractivity contribution < 1.29 is 0 Å². The molecule has 85 heavy (non-hydrogen) atoms. The third kappa shape index (κ3) is 8.50. The second-order valence-corrected chi connectivity index (χ2v) is 22.7. The first-order valence-corrected chi connectivity index (χ1v) is 29.7. The van der Waals surface area contributed by atoms with E-state index in [4.69, 9.17) is 0 Å². The molecule has 0 radical (unpaired) electrons. The Balaban J connectivity index is 0.000000115. The minimum atomic E-state index is 1.09. The zero-order valence-electron chi connectivity index (χ0n) is 46.2. The number of para-hydroxylation sites is 6. The number of aromatic nitrogens is 2. The van der Waals surface area contributed by atoms with Gasteiger partial charge in [0.1, 0.15) is 0 Å². The van der Waals surface area contributed by atoms with Gasteiger partial charge in [-0.05, 0) is 177 Å². The van der Waals surface area contributed by atoms with Crippen LogP contribution >= 0.6 is 15.9 Å². The molecular weight excluding hydrogens is 1100 g/mol.